The van der Waals surface area contributed by atoms with Crippen LogP contribution in [0.2, 0.25) is 0 Å². The quantitative estimate of drug-likeness (QED) is 0.538. The van der Waals surface area contributed by atoms with Crippen LogP contribution in [-0.4, -0.2) is 41.5 Å². The molecule has 0 bridgehead atoms. The molecule has 4 N–H and O–H groups in total. The highest BCUT2D eigenvalue weighted by atomic mass is 19.1. The molecular formula is C22H29FN8. The summed E-state index contributed by atoms with van der Waals surface area (Å²) in [7, 11) is 1.91. The molecule has 2 saturated carbocycles. The van der Waals surface area contributed by atoms with Crippen molar-refractivity contribution < 1.29 is 4.39 Å². The second-order valence-electron chi connectivity index (χ2n) is 9.23. The van der Waals surface area contributed by atoms with Crippen molar-refractivity contribution in [2.24, 2.45) is 18.7 Å². The minimum absolute atomic E-state index is 0.218. The smallest absolute Gasteiger partial charge is 0.223 e. The predicted octanol–water partition coefficient (Wildman–Crippen LogP) is 2.99. The number of anilines is 1. The lowest BCUT2D eigenvalue weighted by Gasteiger charge is -2.37. The first-order valence-corrected chi connectivity index (χ1v) is 11.1. The highest BCUT2D eigenvalue weighted by Gasteiger charge is 2.32. The maximum Gasteiger partial charge on any atom is 0.223 e. The number of hydrogen-bond acceptors (Lipinski definition) is 6. The summed E-state index contributed by atoms with van der Waals surface area (Å²) in [5, 5.41) is 14.6. The molecule has 0 atom stereocenters. The van der Waals surface area contributed by atoms with Crippen LogP contribution in [0.5, 0.6) is 0 Å². The molecule has 0 aliphatic heterocycles. The molecule has 0 spiro atoms. The summed E-state index contributed by atoms with van der Waals surface area (Å²) in [4.78, 5) is 8.74. The Balaban J connectivity index is 1.27. The summed E-state index contributed by atoms with van der Waals surface area (Å²) in [6.45, 7) is 0. The summed E-state index contributed by atoms with van der Waals surface area (Å²) < 4.78 is 16.5. The van der Waals surface area contributed by atoms with E-state index in [2.05, 4.69) is 30.6 Å². The van der Waals surface area contributed by atoms with Crippen molar-refractivity contribution in [1.29, 1.82) is 0 Å². The van der Waals surface area contributed by atoms with E-state index in [1.54, 1.807) is 6.20 Å². The van der Waals surface area contributed by atoms with Crippen LogP contribution in [0.4, 0.5) is 10.3 Å². The number of nitrogens with two attached hydrogens (primary N) is 1. The van der Waals surface area contributed by atoms with Gasteiger partial charge in [0.2, 0.25) is 5.95 Å². The van der Waals surface area contributed by atoms with Crippen LogP contribution in [0.3, 0.4) is 0 Å². The third-order valence-electron chi connectivity index (χ3n) is 6.67. The van der Waals surface area contributed by atoms with E-state index in [-0.39, 0.29) is 11.6 Å². The second-order valence-corrected chi connectivity index (χ2v) is 9.23. The van der Waals surface area contributed by atoms with E-state index in [1.165, 1.54) is 19.0 Å². The number of aromatic nitrogens is 6. The zero-order valence-corrected chi connectivity index (χ0v) is 17.8. The number of aryl methyl sites for hydroxylation is 1. The molecule has 2 aliphatic carbocycles. The van der Waals surface area contributed by atoms with Crippen molar-refractivity contribution in [3.8, 4) is 11.3 Å². The minimum atomic E-state index is -0.416. The number of hydrogen-bond donors (Lipinski definition) is 3. The maximum absolute atomic E-state index is 14.6. The molecule has 9 heteroatoms. The largest absolute Gasteiger partial charge is 0.351 e. The number of halogens is 1. The molecule has 2 fully saturated rings. The maximum atomic E-state index is 14.6. The van der Waals surface area contributed by atoms with Gasteiger partial charge in [0.05, 0.1) is 18.6 Å². The fourth-order valence-electron chi connectivity index (χ4n) is 4.60. The van der Waals surface area contributed by atoms with E-state index in [0.29, 0.717) is 17.6 Å². The normalized spacial score (nSPS) is 23.8. The fraction of sp³-hybridized carbons (Fsp3) is 0.545. The molecule has 2 aliphatic rings. The number of nitrogens with zero attached hydrogens (tertiary/aromatic N) is 5. The molecular weight excluding hydrogens is 395 g/mol. The van der Waals surface area contributed by atoms with Crippen LogP contribution in [0.15, 0.2) is 24.8 Å². The van der Waals surface area contributed by atoms with Gasteiger partial charge in [0, 0.05) is 36.1 Å². The van der Waals surface area contributed by atoms with Gasteiger partial charge in [0.1, 0.15) is 5.69 Å². The Bertz CT molecular complexity index is 1030. The van der Waals surface area contributed by atoms with Crippen LogP contribution in [0, 0.1) is 11.7 Å². The van der Waals surface area contributed by atoms with Gasteiger partial charge in [-0.3, -0.25) is 9.78 Å². The summed E-state index contributed by atoms with van der Waals surface area (Å²) in [6.07, 6.45) is 14.5. The number of aromatic amines is 1. The first-order chi connectivity index (χ1) is 15.0. The number of nitrogens with one attached hydrogen (secondary N) is 2. The van der Waals surface area contributed by atoms with Crippen LogP contribution >= 0.6 is 0 Å². The zero-order chi connectivity index (χ0) is 21.4. The molecule has 164 valence electrons. The Labute approximate surface area is 180 Å². The zero-order valence-electron chi connectivity index (χ0n) is 17.8. The molecule has 0 saturated heterocycles. The van der Waals surface area contributed by atoms with Crippen LogP contribution in [0.25, 0.3) is 11.3 Å². The third kappa shape index (κ3) is 4.46. The van der Waals surface area contributed by atoms with Gasteiger partial charge in [-0.15, -0.1) is 0 Å². The first-order valence-electron chi connectivity index (χ1n) is 11.1. The summed E-state index contributed by atoms with van der Waals surface area (Å²) in [5.41, 5.74) is 9.68. The lowest BCUT2D eigenvalue weighted by Crippen LogP contribution is -2.47. The topological polar surface area (TPSA) is 110 Å². The molecule has 0 amide bonds. The third-order valence-corrected chi connectivity index (χ3v) is 6.67. The predicted molar refractivity (Wildman–Crippen MR) is 116 cm³/mol. The van der Waals surface area contributed by atoms with Crippen molar-refractivity contribution in [3.63, 3.8) is 0 Å². The molecule has 3 heterocycles. The van der Waals surface area contributed by atoms with Gasteiger partial charge in [-0.05, 0) is 62.8 Å². The molecule has 0 aromatic carbocycles. The first kappa shape index (κ1) is 20.1. The molecule has 5 rings (SSSR count). The average Bonchev–Trinajstić information content (AvgIpc) is 3.31. The Hall–Kier alpha value is -2.81. The molecule has 3 aromatic heterocycles. The lowest BCUT2D eigenvalue weighted by molar-refractivity contribution is 0.279. The Morgan fingerprint density at radius 3 is 2.74 bits per heavy atom. The van der Waals surface area contributed by atoms with E-state index < -0.39 is 5.82 Å². The van der Waals surface area contributed by atoms with E-state index in [9.17, 15) is 4.39 Å². The van der Waals surface area contributed by atoms with E-state index >= 15 is 0 Å². The summed E-state index contributed by atoms with van der Waals surface area (Å²) in [6, 6.07) is 0.221. The highest BCUT2D eigenvalue weighted by Crippen LogP contribution is 2.36. The average molecular weight is 425 g/mol. The molecule has 8 nitrogen and oxygen atoms in total. The Kier molecular flexibility index (Phi) is 5.21. The Morgan fingerprint density at radius 1 is 1.23 bits per heavy atom. The van der Waals surface area contributed by atoms with Crippen molar-refractivity contribution in [3.05, 3.63) is 41.9 Å². The van der Waals surface area contributed by atoms with E-state index in [4.69, 9.17) is 5.73 Å². The van der Waals surface area contributed by atoms with Crippen molar-refractivity contribution in [1.82, 2.24) is 29.9 Å². The van der Waals surface area contributed by atoms with Crippen LogP contribution < -0.4 is 11.1 Å². The second kappa shape index (κ2) is 8.03. The van der Waals surface area contributed by atoms with Crippen LogP contribution in [-0.2, 0) is 19.9 Å². The van der Waals surface area contributed by atoms with Gasteiger partial charge in [-0.1, -0.05) is 0 Å². The van der Waals surface area contributed by atoms with Gasteiger partial charge in [0.25, 0.3) is 0 Å². The monoisotopic (exact) mass is 424 g/mol. The number of H-pyrrole nitrogens is 1. The van der Waals surface area contributed by atoms with Crippen molar-refractivity contribution in [2.75, 3.05) is 5.32 Å². The highest BCUT2D eigenvalue weighted by molar-refractivity contribution is 5.63. The summed E-state index contributed by atoms with van der Waals surface area (Å²) in [5.74, 6) is 0.722. The Morgan fingerprint density at radius 2 is 2.03 bits per heavy atom. The molecule has 0 unspecified atom stereocenters. The standard InChI is InChI=1S/C22H29FN8/c1-31-19(8-14-2-3-14)17(12-28-31)20-18(23)13-25-21(30-20)29-16-4-6-22(24,7-5-16)9-15-10-26-27-11-15/h10-14,16H,2-9,24H2,1H3,(H,26,27)(H,25,29,30). The van der Waals surface area contributed by atoms with Crippen molar-refractivity contribution >= 4 is 5.95 Å². The number of rotatable bonds is 7. The van der Waals surface area contributed by atoms with Gasteiger partial charge in [-0.25, -0.2) is 14.4 Å². The van der Waals surface area contributed by atoms with Gasteiger partial charge < -0.3 is 11.1 Å². The summed E-state index contributed by atoms with van der Waals surface area (Å²) >= 11 is 0. The SMILES string of the molecule is Cn1ncc(-c2nc(NC3CCC(N)(Cc4cn[nH]c4)CC3)ncc2F)c1CC1CC1. The van der Waals surface area contributed by atoms with Gasteiger partial charge in [-0.2, -0.15) is 10.2 Å². The van der Waals surface area contributed by atoms with Crippen molar-refractivity contribution in [2.45, 2.75) is 62.9 Å². The minimum Gasteiger partial charge on any atom is -0.351 e. The van der Waals surface area contributed by atoms with Gasteiger partial charge >= 0.3 is 0 Å². The van der Waals surface area contributed by atoms with Gasteiger partial charge in [0.15, 0.2) is 5.82 Å². The van der Waals surface area contributed by atoms with E-state index in [0.717, 1.165) is 55.3 Å². The molecule has 31 heavy (non-hydrogen) atoms. The fourth-order valence-corrected chi connectivity index (χ4v) is 4.60. The lowest BCUT2D eigenvalue weighted by atomic mass is 9.77. The molecule has 3 aromatic rings. The van der Waals surface area contributed by atoms with Crippen LogP contribution in [0.1, 0.15) is 49.8 Å². The van der Waals surface area contributed by atoms with E-state index in [1.807, 2.05) is 24.1 Å². The molecule has 0 radical (unpaired) electrons.